The zero-order valence-electron chi connectivity index (χ0n) is 21.4. The summed E-state index contributed by atoms with van der Waals surface area (Å²) in [5.74, 6) is 1.49. The van der Waals surface area contributed by atoms with Crippen molar-refractivity contribution in [3.05, 3.63) is 42.0 Å². The van der Waals surface area contributed by atoms with E-state index in [0.29, 0.717) is 41.9 Å². The lowest BCUT2D eigenvalue weighted by atomic mass is 9.83. The molecule has 2 N–H and O–H groups in total. The van der Waals surface area contributed by atoms with Crippen LogP contribution in [0.15, 0.2) is 30.7 Å². The third-order valence-electron chi connectivity index (χ3n) is 8.35. The van der Waals surface area contributed by atoms with Crippen molar-refractivity contribution in [3.8, 4) is 17.0 Å². The minimum Gasteiger partial charge on any atom is -0.493 e. The molecule has 198 valence electrons. The van der Waals surface area contributed by atoms with Gasteiger partial charge in [0.15, 0.2) is 11.4 Å². The van der Waals surface area contributed by atoms with E-state index in [-0.39, 0.29) is 7.43 Å². The molecule has 8 heteroatoms. The first-order valence-electron chi connectivity index (χ1n) is 13.3. The zero-order valence-corrected chi connectivity index (χ0v) is 21.4. The van der Waals surface area contributed by atoms with Crippen LogP contribution >= 0.6 is 0 Å². The average Bonchev–Trinajstić information content (AvgIpc) is 3.65. The number of pyridine rings is 2. The molecule has 1 aliphatic carbocycles. The number of likely N-dealkylation sites (tertiary alicyclic amines) is 1. The van der Waals surface area contributed by atoms with Gasteiger partial charge >= 0.3 is 0 Å². The van der Waals surface area contributed by atoms with E-state index in [0.717, 1.165) is 48.1 Å². The van der Waals surface area contributed by atoms with Crippen molar-refractivity contribution in [2.45, 2.75) is 83.7 Å². The second-order valence-corrected chi connectivity index (χ2v) is 10.7. The van der Waals surface area contributed by atoms with Gasteiger partial charge in [-0.1, -0.05) is 21.3 Å². The van der Waals surface area contributed by atoms with Gasteiger partial charge in [-0.15, -0.1) is 0 Å². The number of nitrogens with one attached hydrogen (secondary N) is 1. The Morgan fingerprint density at radius 3 is 2.70 bits per heavy atom. The maximum Gasteiger partial charge on any atom is 0.197 e. The van der Waals surface area contributed by atoms with Gasteiger partial charge in [0.05, 0.1) is 30.4 Å². The first-order chi connectivity index (χ1) is 17.6. The maximum absolute atomic E-state index is 9.75. The smallest absolute Gasteiger partial charge is 0.197 e. The Hall–Kier alpha value is -2.97. The van der Waals surface area contributed by atoms with E-state index in [1.807, 2.05) is 12.3 Å². The van der Waals surface area contributed by atoms with Crippen molar-refractivity contribution in [2.24, 2.45) is 0 Å². The average molecular weight is 505 g/mol. The van der Waals surface area contributed by atoms with Gasteiger partial charge < -0.3 is 14.8 Å². The van der Waals surface area contributed by atoms with Crippen LogP contribution in [0.1, 0.15) is 82.9 Å². The Morgan fingerprint density at radius 1 is 1.16 bits per heavy atom. The van der Waals surface area contributed by atoms with Crippen LogP contribution in [0, 0.1) is 0 Å². The lowest BCUT2D eigenvalue weighted by molar-refractivity contribution is 0.0942. The molecule has 4 aromatic heterocycles. The predicted molar refractivity (Wildman–Crippen MR) is 147 cm³/mol. The summed E-state index contributed by atoms with van der Waals surface area (Å²) in [6, 6.07) is 7.42. The van der Waals surface area contributed by atoms with E-state index >= 15 is 0 Å². The van der Waals surface area contributed by atoms with Crippen molar-refractivity contribution >= 4 is 16.7 Å². The zero-order chi connectivity index (χ0) is 24.8. The van der Waals surface area contributed by atoms with Crippen LogP contribution < -0.4 is 4.74 Å². The Morgan fingerprint density at radius 2 is 1.97 bits per heavy atom. The number of aliphatic hydroxyl groups excluding tert-OH is 1. The molecule has 4 aromatic rings. The van der Waals surface area contributed by atoms with Crippen LogP contribution in [-0.2, 0) is 0 Å². The Kier molecular flexibility index (Phi) is 7.23. The molecule has 0 unspecified atom stereocenters. The van der Waals surface area contributed by atoms with Crippen molar-refractivity contribution in [3.63, 3.8) is 0 Å². The van der Waals surface area contributed by atoms with Crippen LogP contribution in [0.2, 0.25) is 0 Å². The van der Waals surface area contributed by atoms with E-state index < -0.39 is 0 Å². The van der Waals surface area contributed by atoms with Crippen molar-refractivity contribution in [1.29, 1.82) is 0 Å². The number of aliphatic hydroxyl groups is 1. The number of hydrogen-bond donors (Lipinski definition) is 2. The van der Waals surface area contributed by atoms with E-state index in [4.69, 9.17) is 9.72 Å². The van der Waals surface area contributed by atoms with E-state index in [1.54, 1.807) is 18.0 Å². The quantitative estimate of drug-likeness (QED) is 0.359. The highest BCUT2D eigenvalue weighted by atomic mass is 16.5. The van der Waals surface area contributed by atoms with Gasteiger partial charge in [-0.25, -0.2) is 9.50 Å². The van der Waals surface area contributed by atoms with Crippen molar-refractivity contribution in [1.82, 2.24) is 29.5 Å². The number of fused-ring (bicyclic) bond motifs is 2. The summed E-state index contributed by atoms with van der Waals surface area (Å²) in [5.41, 5.74) is 7.34. The van der Waals surface area contributed by atoms with E-state index in [1.165, 1.54) is 30.5 Å². The molecule has 1 atom stereocenters. The minimum absolute atomic E-state index is 0. The largest absolute Gasteiger partial charge is 0.493 e. The van der Waals surface area contributed by atoms with Gasteiger partial charge in [-0.05, 0) is 69.2 Å². The summed E-state index contributed by atoms with van der Waals surface area (Å²) >= 11 is 0. The summed E-state index contributed by atoms with van der Waals surface area (Å²) in [6.45, 7) is 5.89. The third kappa shape index (κ3) is 4.50. The Balaban J connectivity index is 0.00000280. The number of methoxy groups -OCH3 is 1. The summed E-state index contributed by atoms with van der Waals surface area (Å²) in [4.78, 5) is 15.8. The van der Waals surface area contributed by atoms with Gasteiger partial charge in [-0.3, -0.25) is 9.88 Å². The molecule has 0 bridgehead atoms. The number of H-pyrrole nitrogens is 1. The topological polar surface area (TPSA) is 91.6 Å². The molecule has 0 radical (unpaired) electrons. The summed E-state index contributed by atoms with van der Waals surface area (Å²) in [5, 5.41) is 14.1. The molecule has 1 saturated heterocycles. The highest BCUT2D eigenvalue weighted by molar-refractivity contribution is 5.89. The molecule has 0 amide bonds. The summed E-state index contributed by atoms with van der Waals surface area (Å²) in [7, 11) is 1.67. The minimum atomic E-state index is 0. The number of hydrogen-bond acceptors (Lipinski definition) is 6. The molecule has 1 saturated carbocycles. The Bertz CT molecular complexity index is 1370. The van der Waals surface area contributed by atoms with Crippen LogP contribution in [0.3, 0.4) is 0 Å². The van der Waals surface area contributed by atoms with Crippen LogP contribution in [0.25, 0.3) is 27.9 Å². The number of rotatable bonds is 6. The highest BCUT2D eigenvalue weighted by Crippen LogP contribution is 2.40. The van der Waals surface area contributed by atoms with Gasteiger partial charge in [-0.2, -0.15) is 5.10 Å². The number of aromatic amines is 1. The lowest BCUT2D eigenvalue weighted by Crippen LogP contribution is -2.42. The molecule has 37 heavy (non-hydrogen) atoms. The third-order valence-corrected chi connectivity index (χ3v) is 8.35. The lowest BCUT2D eigenvalue weighted by Gasteiger charge is -2.37. The van der Waals surface area contributed by atoms with E-state index in [9.17, 15) is 5.11 Å². The summed E-state index contributed by atoms with van der Waals surface area (Å²) in [6.07, 6.45) is 10.6. The van der Waals surface area contributed by atoms with Crippen molar-refractivity contribution < 1.29 is 9.84 Å². The molecule has 0 spiro atoms. The maximum atomic E-state index is 9.75. The fourth-order valence-corrected chi connectivity index (χ4v) is 6.54. The molecular weight excluding hydrogens is 464 g/mol. The monoisotopic (exact) mass is 504 g/mol. The van der Waals surface area contributed by atoms with Gasteiger partial charge in [0.25, 0.3) is 0 Å². The van der Waals surface area contributed by atoms with Crippen LogP contribution in [0.5, 0.6) is 5.75 Å². The van der Waals surface area contributed by atoms with Crippen molar-refractivity contribution in [2.75, 3.05) is 20.3 Å². The van der Waals surface area contributed by atoms with Gasteiger partial charge in [0.2, 0.25) is 0 Å². The molecule has 1 aliphatic heterocycles. The second kappa shape index (κ2) is 10.4. The van der Waals surface area contributed by atoms with Gasteiger partial charge in [0.1, 0.15) is 6.33 Å². The number of ether oxygens (including phenoxy) is 1. The molecule has 0 aromatic carbocycles. The first kappa shape index (κ1) is 25.7. The van der Waals surface area contributed by atoms with Crippen LogP contribution in [-0.4, -0.2) is 66.9 Å². The fraction of sp³-hybridized carbons (Fsp3) is 0.552. The number of aromatic nitrogens is 5. The molecule has 5 heterocycles. The Labute approximate surface area is 219 Å². The fourth-order valence-electron chi connectivity index (χ4n) is 6.54. The number of nitrogens with zero attached hydrogens (tertiary/aromatic N) is 5. The van der Waals surface area contributed by atoms with Crippen LogP contribution in [0.4, 0.5) is 0 Å². The molecule has 2 aliphatic rings. The second-order valence-electron chi connectivity index (χ2n) is 10.7. The molecule has 6 rings (SSSR count). The normalized spacial score (nSPS) is 22.7. The van der Waals surface area contributed by atoms with Gasteiger partial charge in [0, 0.05) is 41.0 Å². The summed E-state index contributed by atoms with van der Waals surface area (Å²) < 4.78 is 7.38. The molecule has 2 fully saturated rings. The van der Waals surface area contributed by atoms with E-state index in [2.05, 4.69) is 45.9 Å². The molecule has 8 nitrogen and oxygen atoms in total. The predicted octanol–water partition coefficient (Wildman–Crippen LogP) is 5.52. The molecular formula is C29H40N6O2. The standard InChI is InChI=1S/C28H36N6O2.CH4/c1-17(2)25-26(19-13-24(36-3)28-29-16-30-34(28)14-19)32-23-11-10-22(31-27(23)25)18-6-8-20(9-7-18)33-12-4-5-21(33)15-35;/h10-11,13-14,16-18,20-21,32,35H,4-9,12,15H2,1-3H3;1H4/t18?,20?,21-;/m0./s1. The SMILES string of the molecule is C.COc1cc(-c2[nH]c3ccc(C4CCC(N5CCC[C@H]5CO)CC4)nc3c2C(C)C)cn2ncnc12. The highest BCUT2D eigenvalue weighted by Gasteiger charge is 2.33. The first-order valence-corrected chi connectivity index (χ1v) is 13.3.